The highest BCUT2D eigenvalue weighted by Gasteiger charge is 2.15. The molecule has 4 rings (SSSR count). The van der Waals surface area contributed by atoms with E-state index in [0.717, 1.165) is 28.5 Å². The summed E-state index contributed by atoms with van der Waals surface area (Å²) in [6.07, 6.45) is 1.97. The van der Waals surface area contributed by atoms with Crippen molar-refractivity contribution in [2.45, 2.75) is 6.92 Å². The van der Waals surface area contributed by atoms with Gasteiger partial charge < -0.3 is 15.8 Å². The normalized spacial score (nSPS) is 10.8. The van der Waals surface area contributed by atoms with Gasteiger partial charge in [0.2, 0.25) is 0 Å². The maximum absolute atomic E-state index is 6.22. The fourth-order valence-electron chi connectivity index (χ4n) is 2.95. The van der Waals surface area contributed by atoms with Crippen molar-refractivity contribution >= 4 is 22.8 Å². The van der Waals surface area contributed by atoms with Gasteiger partial charge in [-0.15, -0.1) is 0 Å². The summed E-state index contributed by atoms with van der Waals surface area (Å²) in [4.78, 5) is 9.33. The number of aromatic nitrogens is 3. The Morgan fingerprint density at radius 3 is 2.58 bits per heavy atom. The summed E-state index contributed by atoms with van der Waals surface area (Å²) < 4.78 is 7.19. The van der Waals surface area contributed by atoms with Gasteiger partial charge in [0, 0.05) is 11.9 Å². The van der Waals surface area contributed by atoms with E-state index in [1.807, 2.05) is 72.1 Å². The molecular formula is C20H19N5O. The Hall–Kier alpha value is -3.54. The Morgan fingerprint density at radius 1 is 1.00 bits per heavy atom. The number of imidazole rings is 1. The Morgan fingerprint density at radius 2 is 1.81 bits per heavy atom. The summed E-state index contributed by atoms with van der Waals surface area (Å²) in [5.74, 6) is 1.52. The van der Waals surface area contributed by atoms with Crippen molar-refractivity contribution in [1.82, 2.24) is 14.4 Å². The van der Waals surface area contributed by atoms with Crippen LogP contribution in [0.2, 0.25) is 0 Å². The molecule has 1 aromatic carbocycles. The summed E-state index contributed by atoms with van der Waals surface area (Å²) in [5, 5.41) is 3.30. The number of nitrogen functional groups attached to an aromatic ring is 1. The van der Waals surface area contributed by atoms with Crippen molar-refractivity contribution in [3.8, 4) is 17.1 Å². The van der Waals surface area contributed by atoms with Crippen LogP contribution < -0.4 is 15.8 Å². The lowest BCUT2D eigenvalue weighted by atomic mass is 10.2. The molecule has 0 atom stereocenters. The predicted octanol–water partition coefficient (Wildman–Crippen LogP) is 4.04. The molecule has 0 amide bonds. The van der Waals surface area contributed by atoms with Crippen LogP contribution in [0.25, 0.3) is 17.0 Å². The van der Waals surface area contributed by atoms with Gasteiger partial charge in [-0.05, 0) is 55.5 Å². The topological polar surface area (TPSA) is 77.5 Å². The molecule has 6 nitrogen and oxygen atoms in total. The van der Waals surface area contributed by atoms with Crippen LogP contribution in [0.5, 0.6) is 5.75 Å². The Kier molecular flexibility index (Phi) is 3.93. The minimum absolute atomic E-state index is 0.610. The SMILES string of the molecule is COc1ccc(Nc2ccc(N)c(-c3c(C)nc4ccccn34)n2)cc1. The lowest BCUT2D eigenvalue weighted by molar-refractivity contribution is 0.415. The summed E-state index contributed by atoms with van der Waals surface area (Å²) in [7, 11) is 1.65. The number of benzene rings is 1. The van der Waals surface area contributed by atoms with Gasteiger partial charge in [0.15, 0.2) is 0 Å². The average Bonchev–Trinajstić information content (AvgIpc) is 2.99. The lowest BCUT2D eigenvalue weighted by Gasteiger charge is -2.11. The van der Waals surface area contributed by atoms with Gasteiger partial charge in [-0.2, -0.15) is 0 Å². The minimum atomic E-state index is 0.610. The summed E-state index contributed by atoms with van der Waals surface area (Å²) in [5.41, 5.74) is 11.1. The number of pyridine rings is 2. The number of ether oxygens (including phenoxy) is 1. The van der Waals surface area contributed by atoms with Crippen LogP contribution in [-0.2, 0) is 0 Å². The summed E-state index contributed by atoms with van der Waals surface area (Å²) in [6, 6.07) is 17.3. The van der Waals surface area contributed by atoms with E-state index in [2.05, 4.69) is 10.3 Å². The van der Waals surface area contributed by atoms with Crippen LogP contribution in [0.15, 0.2) is 60.8 Å². The third-order valence-corrected chi connectivity index (χ3v) is 4.22. The van der Waals surface area contributed by atoms with Crippen molar-refractivity contribution in [3.05, 3.63) is 66.5 Å². The molecule has 0 bridgehead atoms. The molecule has 4 aromatic rings. The van der Waals surface area contributed by atoms with Gasteiger partial charge >= 0.3 is 0 Å². The smallest absolute Gasteiger partial charge is 0.137 e. The maximum Gasteiger partial charge on any atom is 0.137 e. The minimum Gasteiger partial charge on any atom is -0.497 e. The van der Waals surface area contributed by atoms with Crippen molar-refractivity contribution in [2.24, 2.45) is 0 Å². The molecule has 0 saturated heterocycles. The first-order valence-electron chi connectivity index (χ1n) is 8.27. The molecule has 0 unspecified atom stereocenters. The summed E-state index contributed by atoms with van der Waals surface area (Å²) in [6.45, 7) is 1.97. The molecular weight excluding hydrogens is 326 g/mol. The van der Waals surface area contributed by atoms with Crippen LogP contribution in [0, 0.1) is 6.92 Å². The van der Waals surface area contributed by atoms with Gasteiger partial charge in [-0.25, -0.2) is 9.97 Å². The largest absolute Gasteiger partial charge is 0.497 e. The zero-order chi connectivity index (χ0) is 18.1. The van der Waals surface area contributed by atoms with Crippen molar-refractivity contribution in [3.63, 3.8) is 0 Å². The molecule has 0 fully saturated rings. The van der Waals surface area contributed by atoms with Crippen LogP contribution in [0.3, 0.4) is 0 Å². The first kappa shape index (κ1) is 16.0. The average molecular weight is 345 g/mol. The second-order valence-electron chi connectivity index (χ2n) is 5.96. The number of rotatable bonds is 4. The van der Waals surface area contributed by atoms with Gasteiger partial charge in [0.25, 0.3) is 0 Å². The van der Waals surface area contributed by atoms with Crippen molar-refractivity contribution < 1.29 is 4.74 Å². The van der Waals surface area contributed by atoms with E-state index >= 15 is 0 Å². The highest BCUT2D eigenvalue weighted by atomic mass is 16.5. The van der Waals surface area contributed by atoms with E-state index in [4.69, 9.17) is 15.5 Å². The molecule has 0 aliphatic heterocycles. The third kappa shape index (κ3) is 2.82. The Labute approximate surface area is 151 Å². The number of aryl methyl sites for hydroxylation is 1. The number of nitrogens with one attached hydrogen (secondary N) is 1. The molecule has 130 valence electrons. The molecule has 26 heavy (non-hydrogen) atoms. The van der Waals surface area contributed by atoms with Gasteiger partial charge in [0.1, 0.15) is 22.9 Å². The van der Waals surface area contributed by atoms with Gasteiger partial charge in [-0.1, -0.05) is 6.07 Å². The number of methoxy groups -OCH3 is 1. The first-order chi connectivity index (χ1) is 12.7. The fourth-order valence-corrected chi connectivity index (χ4v) is 2.95. The molecule has 0 spiro atoms. The van der Waals surface area contributed by atoms with E-state index < -0.39 is 0 Å². The van der Waals surface area contributed by atoms with Crippen molar-refractivity contribution in [1.29, 1.82) is 0 Å². The second kappa shape index (κ2) is 6.40. The predicted molar refractivity (Wildman–Crippen MR) is 104 cm³/mol. The zero-order valence-electron chi connectivity index (χ0n) is 14.6. The Bertz CT molecular complexity index is 1070. The van der Waals surface area contributed by atoms with E-state index in [9.17, 15) is 0 Å². The second-order valence-corrected chi connectivity index (χ2v) is 5.96. The molecule has 3 aromatic heterocycles. The third-order valence-electron chi connectivity index (χ3n) is 4.22. The van der Waals surface area contributed by atoms with Gasteiger partial charge in [0.05, 0.1) is 24.2 Å². The number of nitrogens with zero attached hydrogens (tertiary/aromatic N) is 3. The first-order valence-corrected chi connectivity index (χ1v) is 8.27. The number of nitrogens with two attached hydrogens (primary N) is 1. The molecule has 0 saturated carbocycles. The lowest BCUT2D eigenvalue weighted by Crippen LogP contribution is -2.01. The highest BCUT2D eigenvalue weighted by molar-refractivity contribution is 5.76. The standard InChI is InChI=1S/C20H19N5O/c1-13-20(25-12-4-3-5-18(25)22-13)19-16(21)10-11-17(24-19)23-14-6-8-15(26-2)9-7-14/h3-12H,21H2,1-2H3,(H,23,24). The van der Waals surface area contributed by atoms with E-state index in [-0.39, 0.29) is 0 Å². The van der Waals surface area contributed by atoms with E-state index in [0.29, 0.717) is 17.2 Å². The number of hydrogen-bond acceptors (Lipinski definition) is 5. The van der Waals surface area contributed by atoms with Crippen molar-refractivity contribution in [2.75, 3.05) is 18.2 Å². The molecule has 6 heteroatoms. The van der Waals surface area contributed by atoms with Crippen LogP contribution in [0.4, 0.5) is 17.2 Å². The van der Waals surface area contributed by atoms with Gasteiger partial charge in [-0.3, -0.25) is 4.40 Å². The molecule has 0 aliphatic carbocycles. The van der Waals surface area contributed by atoms with E-state index in [1.165, 1.54) is 0 Å². The number of fused-ring (bicyclic) bond motifs is 1. The molecule has 0 aliphatic rings. The van der Waals surface area contributed by atoms with E-state index in [1.54, 1.807) is 7.11 Å². The van der Waals surface area contributed by atoms with Crippen LogP contribution >= 0.6 is 0 Å². The van der Waals surface area contributed by atoms with Crippen LogP contribution in [0.1, 0.15) is 5.69 Å². The number of hydrogen-bond donors (Lipinski definition) is 2. The molecule has 3 heterocycles. The highest BCUT2D eigenvalue weighted by Crippen LogP contribution is 2.30. The Balaban J connectivity index is 1.75. The fraction of sp³-hybridized carbons (Fsp3) is 0.100. The molecule has 0 radical (unpaired) electrons. The quantitative estimate of drug-likeness (QED) is 0.584. The number of anilines is 3. The monoisotopic (exact) mass is 345 g/mol. The summed E-state index contributed by atoms with van der Waals surface area (Å²) >= 11 is 0. The van der Waals surface area contributed by atoms with Crippen LogP contribution in [-0.4, -0.2) is 21.5 Å². The molecule has 3 N–H and O–H groups in total. The maximum atomic E-state index is 6.22. The zero-order valence-corrected chi connectivity index (χ0v) is 14.6.